The number of halogens is 3. The lowest BCUT2D eigenvalue weighted by molar-refractivity contribution is 0.0785. The Hall–Kier alpha value is -1.22. The van der Waals surface area contributed by atoms with Crippen LogP contribution < -0.4 is 0 Å². The molecule has 0 unspecified atom stereocenters. The van der Waals surface area contributed by atoms with E-state index < -0.39 is 0 Å². The van der Waals surface area contributed by atoms with Crippen LogP contribution in [0.25, 0.3) is 0 Å². The highest BCUT2D eigenvalue weighted by atomic mass is 35.5. The summed E-state index contributed by atoms with van der Waals surface area (Å²) < 4.78 is 0. The second-order valence-electron chi connectivity index (χ2n) is 4.40. The van der Waals surface area contributed by atoms with Crippen LogP contribution in [0, 0.1) is 0 Å². The summed E-state index contributed by atoms with van der Waals surface area (Å²) >= 11 is 17.8. The molecule has 2 rings (SSSR count). The van der Waals surface area contributed by atoms with Gasteiger partial charge in [0, 0.05) is 34.2 Å². The number of nitrogens with zero attached hydrogens (tertiary/aromatic N) is 1. The van der Waals surface area contributed by atoms with E-state index in [-0.39, 0.29) is 5.91 Å². The first-order chi connectivity index (χ1) is 9.47. The van der Waals surface area contributed by atoms with Crippen molar-refractivity contribution in [3.05, 3.63) is 68.7 Å². The number of amides is 1. The molecule has 5 heteroatoms. The third-order valence-corrected chi connectivity index (χ3v) is 3.70. The van der Waals surface area contributed by atoms with Crippen LogP contribution in [0.15, 0.2) is 42.5 Å². The second kappa shape index (κ2) is 6.49. The zero-order valence-corrected chi connectivity index (χ0v) is 13.0. The Morgan fingerprint density at radius 1 is 1.00 bits per heavy atom. The van der Waals surface area contributed by atoms with E-state index in [0.717, 1.165) is 5.56 Å². The quantitative estimate of drug-likeness (QED) is 0.783. The predicted molar refractivity (Wildman–Crippen MR) is 83.7 cm³/mol. The highest BCUT2D eigenvalue weighted by Crippen LogP contribution is 2.22. The zero-order valence-electron chi connectivity index (χ0n) is 10.7. The van der Waals surface area contributed by atoms with Crippen LogP contribution in [-0.2, 0) is 6.54 Å². The first-order valence-corrected chi connectivity index (χ1v) is 7.05. The molecule has 0 radical (unpaired) electrons. The van der Waals surface area contributed by atoms with Crippen molar-refractivity contribution in [2.75, 3.05) is 7.05 Å². The maximum atomic E-state index is 12.3. The van der Waals surface area contributed by atoms with Crippen molar-refractivity contribution in [2.45, 2.75) is 6.54 Å². The fourth-order valence-corrected chi connectivity index (χ4v) is 2.38. The SMILES string of the molecule is CN(Cc1ccc(Cl)cc1Cl)C(=O)c1ccc(Cl)cc1. The van der Waals surface area contributed by atoms with Crippen molar-refractivity contribution in [3.8, 4) is 0 Å². The molecule has 0 saturated heterocycles. The van der Waals surface area contributed by atoms with Gasteiger partial charge in [0.05, 0.1) is 0 Å². The fourth-order valence-electron chi connectivity index (χ4n) is 1.79. The molecule has 0 saturated carbocycles. The van der Waals surface area contributed by atoms with Gasteiger partial charge in [-0.3, -0.25) is 4.79 Å². The molecule has 104 valence electrons. The average molecular weight is 329 g/mol. The Morgan fingerprint density at radius 3 is 2.20 bits per heavy atom. The maximum Gasteiger partial charge on any atom is 0.253 e. The Morgan fingerprint density at radius 2 is 1.60 bits per heavy atom. The summed E-state index contributed by atoms with van der Waals surface area (Å²) in [7, 11) is 1.72. The van der Waals surface area contributed by atoms with Gasteiger partial charge in [0.15, 0.2) is 0 Å². The van der Waals surface area contributed by atoms with Crippen LogP contribution in [0.3, 0.4) is 0 Å². The summed E-state index contributed by atoms with van der Waals surface area (Å²) in [5.74, 6) is -0.0901. The van der Waals surface area contributed by atoms with Crippen LogP contribution in [-0.4, -0.2) is 17.9 Å². The lowest BCUT2D eigenvalue weighted by Gasteiger charge is -2.18. The van der Waals surface area contributed by atoms with E-state index in [4.69, 9.17) is 34.8 Å². The second-order valence-corrected chi connectivity index (χ2v) is 5.68. The normalized spacial score (nSPS) is 10.4. The van der Waals surface area contributed by atoms with Crippen molar-refractivity contribution in [1.82, 2.24) is 4.90 Å². The van der Waals surface area contributed by atoms with Gasteiger partial charge in [-0.15, -0.1) is 0 Å². The van der Waals surface area contributed by atoms with Gasteiger partial charge < -0.3 is 4.90 Å². The van der Waals surface area contributed by atoms with Gasteiger partial charge in [-0.25, -0.2) is 0 Å². The fraction of sp³-hybridized carbons (Fsp3) is 0.133. The molecule has 0 aliphatic carbocycles. The molecule has 0 bridgehead atoms. The van der Waals surface area contributed by atoms with Crippen molar-refractivity contribution >= 4 is 40.7 Å². The molecule has 2 aromatic rings. The smallest absolute Gasteiger partial charge is 0.253 e. The average Bonchev–Trinajstić information content (AvgIpc) is 2.42. The summed E-state index contributed by atoms with van der Waals surface area (Å²) in [5, 5.41) is 1.73. The number of benzene rings is 2. The predicted octanol–water partition coefficient (Wildman–Crippen LogP) is 4.92. The number of hydrogen-bond donors (Lipinski definition) is 0. The number of hydrogen-bond acceptors (Lipinski definition) is 1. The van der Waals surface area contributed by atoms with Crippen LogP contribution >= 0.6 is 34.8 Å². The van der Waals surface area contributed by atoms with Gasteiger partial charge in [0.25, 0.3) is 5.91 Å². The standard InChI is InChI=1S/C15H12Cl3NO/c1-19(9-11-4-7-13(17)8-14(11)18)15(20)10-2-5-12(16)6-3-10/h2-8H,9H2,1H3. The largest absolute Gasteiger partial charge is 0.337 e. The Balaban J connectivity index is 2.13. The van der Waals surface area contributed by atoms with Gasteiger partial charge in [0.2, 0.25) is 0 Å². The highest BCUT2D eigenvalue weighted by molar-refractivity contribution is 6.35. The number of carbonyl (C=O) groups excluding carboxylic acids is 1. The summed E-state index contributed by atoms with van der Waals surface area (Å²) in [4.78, 5) is 13.8. The van der Waals surface area contributed by atoms with E-state index >= 15 is 0 Å². The van der Waals surface area contributed by atoms with Crippen molar-refractivity contribution in [3.63, 3.8) is 0 Å². The van der Waals surface area contributed by atoms with E-state index in [2.05, 4.69) is 0 Å². The molecule has 0 aromatic heterocycles. The molecule has 20 heavy (non-hydrogen) atoms. The minimum absolute atomic E-state index is 0.0901. The molecule has 0 N–H and O–H groups in total. The van der Waals surface area contributed by atoms with E-state index in [9.17, 15) is 4.79 Å². The molecule has 0 aliphatic heterocycles. The van der Waals surface area contributed by atoms with Crippen molar-refractivity contribution < 1.29 is 4.79 Å². The van der Waals surface area contributed by atoms with Gasteiger partial charge in [-0.2, -0.15) is 0 Å². The van der Waals surface area contributed by atoms with Crippen LogP contribution in [0.2, 0.25) is 15.1 Å². The van der Waals surface area contributed by atoms with E-state index in [1.54, 1.807) is 48.3 Å². The van der Waals surface area contributed by atoms with E-state index in [1.807, 2.05) is 6.07 Å². The minimum Gasteiger partial charge on any atom is -0.337 e. The highest BCUT2D eigenvalue weighted by Gasteiger charge is 2.13. The summed E-state index contributed by atoms with van der Waals surface area (Å²) in [6, 6.07) is 12.0. The summed E-state index contributed by atoms with van der Waals surface area (Å²) in [5.41, 5.74) is 1.43. The van der Waals surface area contributed by atoms with Crippen molar-refractivity contribution in [1.29, 1.82) is 0 Å². The van der Waals surface area contributed by atoms with Gasteiger partial charge in [-0.05, 0) is 42.0 Å². The molecule has 1 amide bonds. The lowest BCUT2D eigenvalue weighted by Crippen LogP contribution is -2.26. The molecule has 0 spiro atoms. The first kappa shape index (κ1) is 15.2. The zero-order chi connectivity index (χ0) is 14.7. The molecule has 0 heterocycles. The Bertz CT molecular complexity index is 626. The maximum absolute atomic E-state index is 12.3. The number of carbonyl (C=O) groups is 1. The summed E-state index contributed by atoms with van der Waals surface area (Å²) in [6.45, 7) is 0.414. The molecule has 0 atom stereocenters. The lowest BCUT2D eigenvalue weighted by atomic mass is 10.1. The van der Waals surface area contributed by atoms with Crippen molar-refractivity contribution in [2.24, 2.45) is 0 Å². The van der Waals surface area contributed by atoms with Crippen LogP contribution in [0.4, 0.5) is 0 Å². The third-order valence-electron chi connectivity index (χ3n) is 2.86. The molecular formula is C15H12Cl3NO. The van der Waals surface area contributed by atoms with E-state index in [0.29, 0.717) is 27.2 Å². The number of rotatable bonds is 3. The molecule has 2 nitrogen and oxygen atoms in total. The third kappa shape index (κ3) is 3.66. The van der Waals surface area contributed by atoms with Crippen LogP contribution in [0.1, 0.15) is 15.9 Å². The molecule has 0 fully saturated rings. The molecule has 2 aromatic carbocycles. The van der Waals surface area contributed by atoms with Gasteiger partial charge in [-0.1, -0.05) is 40.9 Å². The topological polar surface area (TPSA) is 20.3 Å². The van der Waals surface area contributed by atoms with Gasteiger partial charge in [0.1, 0.15) is 0 Å². The monoisotopic (exact) mass is 327 g/mol. The van der Waals surface area contributed by atoms with Gasteiger partial charge >= 0.3 is 0 Å². The van der Waals surface area contributed by atoms with E-state index in [1.165, 1.54) is 0 Å². The first-order valence-electron chi connectivity index (χ1n) is 5.92. The van der Waals surface area contributed by atoms with Crippen LogP contribution in [0.5, 0.6) is 0 Å². The molecular weight excluding hydrogens is 317 g/mol. The Kier molecular flexibility index (Phi) is 4.92. The Labute approximate surface area is 132 Å². The summed E-state index contributed by atoms with van der Waals surface area (Å²) in [6.07, 6.45) is 0. The minimum atomic E-state index is -0.0901. The molecule has 0 aliphatic rings.